The second-order valence-corrected chi connectivity index (χ2v) is 17.6. The molecule has 6 nitrogen and oxygen atoms in total. The highest BCUT2D eigenvalue weighted by molar-refractivity contribution is 6.04. The van der Waals surface area contributed by atoms with Crippen LogP contribution in [0.3, 0.4) is 0 Å². The van der Waals surface area contributed by atoms with Gasteiger partial charge in [-0.05, 0) is 109 Å². The van der Waals surface area contributed by atoms with Gasteiger partial charge in [-0.2, -0.15) is 5.10 Å². The van der Waals surface area contributed by atoms with Gasteiger partial charge in [0, 0.05) is 23.4 Å². The van der Waals surface area contributed by atoms with Crippen LogP contribution in [0, 0.1) is 57.2 Å². The van der Waals surface area contributed by atoms with Crippen molar-refractivity contribution < 1.29 is 9.59 Å². The maximum Gasteiger partial charge on any atom is 0.237 e. The molecule has 1 aliphatic heterocycles. The van der Waals surface area contributed by atoms with Crippen LogP contribution in [0.25, 0.3) is 0 Å². The number of nitrogens with zero attached hydrogens (tertiary/aromatic N) is 2. The number of carbonyl (C=O) groups excluding carboxylic acids is 2. The predicted octanol–water partition coefficient (Wildman–Crippen LogP) is 7.22. The Kier molecular flexibility index (Phi) is 6.21. The number of aromatic amines is 1. The number of likely N-dealkylation sites (tertiary alicyclic amines) is 1. The summed E-state index contributed by atoms with van der Waals surface area (Å²) in [5.41, 5.74) is 11.1. The number of nitrogens with one attached hydrogen (secondary N) is 1. The van der Waals surface area contributed by atoms with Crippen molar-refractivity contribution in [2.45, 2.75) is 112 Å². The Hall–Kier alpha value is -2.37. The smallest absolute Gasteiger partial charge is 0.237 e. The molecule has 1 amide bonds. The number of nitrogen functional groups attached to an aromatic ring is 1. The lowest BCUT2D eigenvalue weighted by Gasteiger charge is -2.70. The molecule has 0 spiro atoms. The number of rotatable bonds is 3. The lowest BCUT2D eigenvalue weighted by Crippen LogP contribution is -2.64. The molecule has 43 heavy (non-hydrogen) atoms. The van der Waals surface area contributed by atoms with Crippen LogP contribution in [0.1, 0.15) is 111 Å². The number of H-pyrrole nitrogens is 1. The molecule has 234 valence electrons. The number of amides is 1. The fourth-order valence-electron chi connectivity index (χ4n) is 12.7. The molecule has 1 saturated heterocycles. The molecule has 3 N–H and O–H groups in total. The zero-order chi connectivity index (χ0) is 30.9. The van der Waals surface area contributed by atoms with Crippen molar-refractivity contribution in [2.24, 2.45) is 57.2 Å². The minimum atomic E-state index is -0.488. The van der Waals surface area contributed by atoms with E-state index in [9.17, 15) is 9.59 Å². The quantitative estimate of drug-likeness (QED) is 0.289. The number of hydrogen-bond donors (Lipinski definition) is 2. The molecule has 6 heteroatoms. The van der Waals surface area contributed by atoms with Crippen LogP contribution >= 0.6 is 0 Å². The molecule has 6 aliphatic rings. The van der Waals surface area contributed by atoms with Gasteiger partial charge in [-0.1, -0.05) is 66.7 Å². The second kappa shape index (κ2) is 9.10. The molecule has 4 unspecified atom stereocenters. The van der Waals surface area contributed by atoms with Gasteiger partial charge in [0.25, 0.3) is 0 Å². The topological polar surface area (TPSA) is 92.1 Å². The number of anilines is 1. The molecule has 0 bridgehead atoms. The molecule has 0 aromatic carbocycles. The first-order valence-electron chi connectivity index (χ1n) is 17.1. The minimum absolute atomic E-state index is 0.0137. The van der Waals surface area contributed by atoms with Gasteiger partial charge >= 0.3 is 0 Å². The van der Waals surface area contributed by atoms with Crippen LogP contribution in [-0.4, -0.2) is 33.3 Å². The minimum Gasteiger partial charge on any atom is -0.384 e. The monoisotopic (exact) mass is 586 g/mol. The summed E-state index contributed by atoms with van der Waals surface area (Å²) in [5.74, 6) is 2.33. The van der Waals surface area contributed by atoms with Gasteiger partial charge in [-0.3, -0.25) is 14.7 Å². The zero-order valence-corrected chi connectivity index (χ0v) is 27.7. The third kappa shape index (κ3) is 3.73. The van der Waals surface area contributed by atoms with Crippen molar-refractivity contribution in [3.8, 4) is 0 Å². The average molecular weight is 587 g/mol. The summed E-state index contributed by atoms with van der Waals surface area (Å²) >= 11 is 0. The van der Waals surface area contributed by atoms with Crippen LogP contribution < -0.4 is 5.73 Å². The number of Topliss-reactive ketones (excluding diaryl/α,β-unsaturated/α-hetero) is 1. The summed E-state index contributed by atoms with van der Waals surface area (Å²) < 4.78 is 0. The van der Waals surface area contributed by atoms with Crippen LogP contribution in [0.4, 0.5) is 5.82 Å². The summed E-state index contributed by atoms with van der Waals surface area (Å²) in [6.45, 7) is 21.8. The van der Waals surface area contributed by atoms with E-state index in [0.717, 1.165) is 44.3 Å². The zero-order valence-electron chi connectivity index (χ0n) is 27.7. The molecular formula is C37H54N4O2. The molecule has 1 aromatic heterocycles. The van der Waals surface area contributed by atoms with Crippen LogP contribution in [0.15, 0.2) is 24.4 Å². The number of hydrogen-bond acceptors (Lipinski definition) is 4. The molecule has 5 aliphatic carbocycles. The van der Waals surface area contributed by atoms with Crippen molar-refractivity contribution in [3.05, 3.63) is 35.7 Å². The summed E-state index contributed by atoms with van der Waals surface area (Å²) in [7, 11) is 0. The Bertz CT molecular complexity index is 1420. The van der Waals surface area contributed by atoms with Crippen LogP contribution in [-0.2, 0) is 21.4 Å². The SMILES string of the molecule is C=CN1CCC(C(=O)[C@@H]2CC(C)(C)CC3C4=CCC5[C@@]6(C)Cc7c(n[nH]c7N)C(C)(C)C6CC[C@@]5(C)[C@]4(C)CC[C@@H]32)C1=O. The number of nitrogens with two attached hydrogens (primary N) is 1. The first-order valence-corrected chi connectivity index (χ1v) is 17.1. The fourth-order valence-corrected chi connectivity index (χ4v) is 12.7. The van der Waals surface area contributed by atoms with Gasteiger partial charge in [0.1, 0.15) is 11.6 Å². The maximum atomic E-state index is 14.2. The van der Waals surface area contributed by atoms with E-state index < -0.39 is 5.92 Å². The lowest BCUT2D eigenvalue weighted by atomic mass is 9.34. The van der Waals surface area contributed by atoms with Gasteiger partial charge in [0.15, 0.2) is 0 Å². The van der Waals surface area contributed by atoms with Crippen molar-refractivity contribution in [1.29, 1.82) is 0 Å². The van der Waals surface area contributed by atoms with E-state index in [2.05, 4.69) is 66.2 Å². The molecule has 1 aromatic rings. The number of carbonyl (C=O) groups is 2. The Labute approximate surface area is 258 Å². The molecule has 7 rings (SSSR count). The number of fused-ring (bicyclic) bond motifs is 8. The van der Waals surface area contributed by atoms with E-state index in [-0.39, 0.29) is 44.7 Å². The third-order valence-corrected chi connectivity index (χ3v) is 14.8. The van der Waals surface area contributed by atoms with Gasteiger partial charge in [0.05, 0.1) is 11.6 Å². The second-order valence-electron chi connectivity index (χ2n) is 17.6. The van der Waals surface area contributed by atoms with Gasteiger partial charge in [0.2, 0.25) is 5.91 Å². The highest BCUT2D eigenvalue weighted by atomic mass is 16.2. The van der Waals surface area contributed by atoms with E-state index in [4.69, 9.17) is 10.8 Å². The summed E-state index contributed by atoms with van der Waals surface area (Å²) in [6, 6.07) is 0. The molecule has 2 heterocycles. The first kappa shape index (κ1) is 29.3. The van der Waals surface area contributed by atoms with E-state index in [1.807, 2.05) is 0 Å². The van der Waals surface area contributed by atoms with E-state index in [0.29, 0.717) is 36.6 Å². The van der Waals surface area contributed by atoms with E-state index in [1.165, 1.54) is 24.1 Å². The standard InChI is InChI=1S/C37H54N4O2/c1-9-41-17-14-22(32(41)43)29(42)24-19-33(2,3)18-23-21(24)12-15-36(7)26(23)10-11-28-35(6)20-25-30(39-40-31(25)38)34(4,5)27(35)13-16-37(28,36)8/h9-10,21-24,27-28H,1,11-20H2,2-8H3,(H3,38,39,40)/t21-,22?,23?,24+,27?,28?,35-,36+,37+/m0/s1. The highest BCUT2D eigenvalue weighted by Gasteiger charge is 2.67. The van der Waals surface area contributed by atoms with E-state index in [1.54, 1.807) is 16.7 Å². The van der Waals surface area contributed by atoms with Crippen LogP contribution in [0.2, 0.25) is 0 Å². The van der Waals surface area contributed by atoms with Gasteiger partial charge in [-0.25, -0.2) is 0 Å². The maximum absolute atomic E-state index is 14.2. The third-order valence-electron chi connectivity index (χ3n) is 14.8. The molecular weight excluding hydrogens is 532 g/mol. The predicted molar refractivity (Wildman–Crippen MR) is 171 cm³/mol. The highest BCUT2D eigenvalue weighted by Crippen LogP contribution is 2.74. The van der Waals surface area contributed by atoms with Crippen LogP contribution in [0.5, 0.6) is 0 Å². The first-order chi connectivity index (χ1) is 20.1. The van der Waals surface area contributed by atoms with Gasteiger partial charge in [-0.15, -0.1) is 0 Å². The normalized spacial score (nSPS) is 44.3. The lowest BCUT2D eigenvalue weighted by molar-refractivity contribution is -0.158. The average Bonchev–Trinajstić information content (AvgIpc) is 3.49. The van der Waals surface area contributed by atoms with E-state index >= 15 is 0 Å². The van der Waals surface area contributed by atoms with Crippen molar-refractivity contribution in [1.82, 2.24) is 15.1 Å². The Morgan fingerprint density at radius 1 is 1.07 bits per heavy atom. The molecule has 3 saturated carbocycles. The summed E-state index contributed by atoms with van der Waals surface area (Å²) in [4.78, 5) is 28.9. The number of aromatic nitrogens is 2. The van der Waals surface area contributed by atoms with Crippen molar-refractivity contribution in [2.75, 3.05) is 12.3 Å². The molecule has 4 fully saturated rings. The largest absolute Gasteiger partial charge is 0.384 e. The van der Waals surface area contributed by atoms with Crippen molar-refractivity contribution >= 4 is 17.5 Å². The van der Waals surface area contributed by atoms with Gasteiger partial charge < -0.3 is 10.6 Å². The Morgan fingerprint density at radius 2 is 1.81 bits per heavy atom. The Morgan fingerprint density at radius 3 is 2.51 bits per heavy atom. The number of allylic oxidation sites excluding steroid dienone is 2. The molecule has 0 radical (unpaired) electrons. The molecule has 9 atom stereocenters. The summed E-state index contributed by atoms with van der Waals surface area (Å²) in [5, 5.41) is 7.87. The number of ketones is 1. The summed E-state index contributed by atoms with van der Waals surface area (Å²) in [6.07, 6.45) is 13.7. The van der Waals surface area contributed by atoms with Crippen molar-refractivity contribution in [3.63, 3.8) is 0 Å². The fraction of sp³-hybridized carbons (Fsp3) is 0.757. The Balaban J connectivity index is 1.25.